The molecule has 0 fully saturated rings. The summed E-state index contributed by atoms with van der Waals surface area (Å²) in [5.41, 5.74) is 2.20. The molecule has 2 heterocycles. The second-order valence-electron chi connectivity index (χ2n) is 11.2. The number of fused-ring (bicyclic) bond motifs is 3. The van der Waals surface area contributed by atoms with E-state index >= 15 is 0 Å². The Labute approximate surface area is 268 Å². The fraction of sp³-hybridized carbons (Fsp3) is 0. The molecule has 8 heteroatoms. The molecule has 6 aromatic carbocycles. The Bertz CT molecular complexity index is 2170. The Morgan fingerprint density at radius 1 is 0.426 bits per heavy atom. The van der Waals surface area contributed by atoms with Crippen molar-refractivity contribution in [1.82, 2.24) is 0 Å². The number of anilines is 4. The second-order valence-corrected chi connectivity index (χ2v) is 11.2. The van der Waals surface area contributed by atoms with Crippen LogP contribution in [-0.2, 0) is 0 Å². The van der Waals surface area contributed by atoms with Crippen molar-refractivity contribution in [3.63, 3.8) is 0 Å². The number of hydrogen-bond acceptors (Lipinski definition) is 5. The van der Waals surface area contributed by atoms with Crippen LogP contribution in [0.3, 0.4) is 0 Å². The van der Waals surface area contributed by atoms with Gasteiger partial charge in [0.15, 0.2) is 0 Å². The molecule has 2 aliphatic rings. The molecule has 47 heavy (non-hydrogen) atoms. The third-order valence-electron chi connectivity index (χ3n) is 8.46. The first-order chi connectivity index (χ1) is 22.9. The van der Waals surface area contributed by atoms with Crippen LogP contribution in [0.5, 0.6) is 0 Å². The van der Waals surface area contributed by atoms with E-state index in [-0.39, 0.29) is 39.2 Å². The summed E-state index contributed by atoms with van der Waals surface area (Å²) in [5.74, 6) is -2.78. The predicted octanol–water partition coefficient (Wildman–Crippen LogP) is 7.42. The highest BCUT2D eigenvalue weighted by atomic mass is 16.2. The van der Waals surface area contributed by atoms with Crippen LogP contribution in [0.2, 0.25) is 0 Å². The van der Waals surface area contributed by atoms with Crippen molar-refractivity contribution in [3.8, 4) is 0 Å². The number of hydrogen-bond donors (Lipinski definition) is 0. The number of rotatable bonds is 5. The topological polar surface area (TPSA) is 95.1 Å². The summed E-state index contributed by atoms with van der Waals surface area (Å²) < 4.78 is 0. The van der Waals surface area contributed by atoms with E-state index in [1.165, 1.54) is 23.1 Å². The van der Waals surface area contributed by atoms with Crippen molar-refractivity contribution in [2.24, 2.45) is 0 Å². The summed E-state index contributed by atoms with van der Waals surface area (Å²) in [4.78, 5) is 72.6. The molecule has 224 valence electrons. The minimum atomic E-state index is -0.571. The Morgan fingerprint density at radius 2 is 0.872 bits per heavy atom. The summed E-state index contributed by atoms with van der Waals surface area (Å²) in [6.45, 7) is 0. The van der Waals surface area contributed by atoms with Gasteiger partial charge in [0.1, 0.15) is 0 Å². The molecule has 6 aromatic rings. The van der Waals surface area contributed by atoms with Crippen LogP contribution >= 0.6 is 0 Å². The second kappa shape index (κ2) is 10.7. The van der Waals surface area contributed by atoms with Crippen molar-refractivity contribution >= 4 is 63.1 Å². The average Bonchev–Trinajstić information content (AvgIpc) is 3.52. The monoisotopic (exact) mass is 613 g/mol. The fourth-order valence-electron chi connectivity index (χ4n) is 6.23. The molecular formula is C39H23N3O5. The van der Waals surface area contributed by atoms with Gasteiger partial charge in [-0.05, 0) is 77.5 Å². The molecule has 5 amide bonds. The molecule has 0 bridgehead atoms. The van der Waals surface area contributed by atoms with Crippen LogP contribution in [0.4, 0.5) is 22.7 Å². The van der Waals surface area contributed by atoms with E-state index in [9.17, 15) is 24.0 Å². The Hall–Kier alpha value is -6.67. The van der Waals surface area contributed by atoms with E-state index in [0.29, 0.717) is 11.4 Å². The lowest BCUT2D eigenvalue weighted by atomic mass is 10.1. The zero-order valence-electron chi connectivity index (χ0n) is 24.7. The van der Waals surface area contributed by atoms with E-state index < -0.39 is 29.5 Å². The van der Waals surface area contributed by atoms with Gasteiger partial charge in [0.25, 0.3) is 29.5 Å². The Balaban J connectivity index is 1.31. The Kier molecular flexibility index (Phi) is 6.37. The lowest BCUT2D eigenvalue weighted by Gasteiger charge is -2.25. The minimum absolute atomic E-state index is 0.0557. The van der Waals surface area contributed by atoms with Crippen molar-refractivity contribution in [2.45, 2.75) is 0 Å². The van der Waals surface area contributed by atoms with Crippen LogP contribution in [0, 0.1) is 0 Å². The summed E-state index contributed by atoms with van der Waals surface area (Å²) in [6.07, 6.45) is 0. The normalized spacial score (nSPS) is 13.7. The number of carbonyl (C=O) groups is 5. The molecule has 0 aromatic heterocycles. The molecule has 0 atom stereocenters. The van der Waals surface area contributed by atoms with Crippen molar-refractivity contribution in [3.05, 3.63) is 167 Å². The first kappa shape index (κ1) is 27.8. The average molecular weight is 614 g/mol. The van der Waals surface area contributed by atoms with Gasteiger partial charge in [0.2, 0.25) is 0 Å². The van der Waals surface area contributed by atoms with E-state index in [0.717, 1.165) is 20.6 Å². The predicted molar refractivity (Wildman–Crippen MR) is 178 cm³/mol. The van der Waals surface area contributed by atoms with Crippen molar-refractivity contribution < 1.29 is 24.0 Å². The molecule has 0 saturated carbocycles. The van der Waals surface area contributed by atoms with Crippen LogP contribution in [0.15, 0.2) is 140 Å². The van der Waals surface area contributed by atoms with Crippen LogP contribution in [0.25, 0.3) is 10.8 Å². The van der Waals surface area contributed by atoms with Crippen LogP contribution in [0.1, 0.15) is 51.8 Å². The summed E-state index contributed by atoms with van der Waals surface area (Å²) in [6, 6.07) is 39.7. The molecule has 0 aliphatic carbocycles. The van der Waals surface area contributed by atoms with Gasteiger partial charge in [-0.2, -0.15) is 0 Å². The summed E-state index contributed by atoms with van der Waals surface area (Å²) in [5, 5.41) is 1.92. The number of para-hydroxylation sites is 1. The molecule has 0 saturated heterocycles. The zero-order chi connectivity index (χ0) is 32.2. The number of nitrogens with zero attached hydrogens (tertiary/aromatic N) is 3. The summed E-state index contributed by atoms with van der Waals surface area (Å²) in [7, 11) is 0. The number of carbonyl (C=O) groups excluding carboxylic acids is 5. The maximum atomic E-state index is 14.7. The van der Waals surface area contributed by atoms with Gasteiger partial charge >= 0.3 is 0 Å². The maximum Gasteiger partial charge on any atom is 0.266 e. The largest absolute Gasteiger partial charge is 0.277 e. The SMILES string of the molecule is O=C1c2ccccc2C(=O)N1c1cc(C(=O)N(c2ccccc2)c2ccc3ccccc3c2)cc(N2C(=O)c3ccccc3C2=O)c1. The first-order valence-electron chi connectivity index (χ1n) is 14.9. The number of benzene rings is 6. The van der Waals surface area contributed by atoms with Crippen LogP contribution < -0.4 is 14.7 Å². The van der Waals surface area contributed by atoms with Gasteiger partial charge in [-0.1, -0.05) is 72.8 Å². The lowest BCUT2D eigenvalue weighted by Crippen LogP contribution is -2.33. The molecule has 8 rings (SSSR count). The molecule has 0 N–H and O–H groups in total. The Morgan fingerprint density at radius 3 is 1.38 bits per heavy atom. The standard InChI is InChI=1S/C39H23N3O5/c43-35(40(27-12-2-1-3-13-27)28-19-18-24-10-4-5-11-25(24)20-28)26-21-29(41-36(44)31-14-6-7-15-32(31)37(41)45)23-30(22-26)42-38(46)33-16-8-9-17-34(33)39(42)47/h1-23H. The number of amides is 5. The van der Waals surface area contributed by atoms with Gasteiger partial charge in [-0.3, -0.25) is 28.9 Å². The third-order valence-corrected chi connectivity index (χ3v) is 8.46. The highest BCUT2D eigenvalue weighted by Crippen LogP contribution is 2.37. The van der Waals surface area contributed by atoms with Gasteiger partial charge < -0.3 is 0 Å². The maximum absolute atomic E-state index is 14.7. The van der Waals surface area contributed by atoms with Crippen molar-refractivity contribution in [1.29, 1.82) is 0 Å². The van der Waals surface area contributed by atoms with Gasteiger partial charge in [0.05, 0.1) is 33.6 Å². The zero-order valence-corrected chi connectivity index (χ0v) is 24.7. The molecule has 0 radical (unpaired) electrons. The highest BCUT2D eigenvalue weighted by Gasteiger charge is 2.40. The molecule has 0 unspecified atom stereocenters. The smallest absolute Gasteiger partial charge is 0.266 e. The number of imide groups is 2. The third kappa shape index (κ3) is 4.42. The van der Waals surface area contributed by atoms with E-state index in [4.69, 9.17) is 0 Å². The molecular weight excluding hydrogens is 590 g/mol. The molecule has 8 nitrogen and oxygen atoms in total. The lowest BCUT2D eigenvalue weighted by molar-refractivity contribution is 0.0912. The van der Waals surface area contributed by atoms with Crippen molar-refractivity contribution in [2.75, 3.05) is 14.7 Å². The minimum Gasteiger partial charge on any atom is -0.277 e. The van der Waals surface area contributed by atoms with Crippen LogP contribution in [-0.4, -0.2) is 29.5 Å². The fourth-order valence-corrected chi connectivity index (χ4v) is 6.23. The van der Waals surface area contributed by atoms with E-state index in [1.54, 1.807) is 60.7 Å². The molecule has 0 spiro atoms. The highest BCUT2D eigenvalue weighted by molar-refractivity contribution is 6.36. The van der Waals surface area contributed by atoms with E-state index in [1.807, 2.05) is 60.7 Å². The van der Waals surface area contributed by atoms with E-state index in [2.05, 4.69) is 0 Å². The quantitative estimate of drug-likeness (QED) is 0.189. The first-order valence-corrected chi connectivity index (χ1v) is 14.9. The summed E-state index contributed by atoms with van der Waals surface area (Å²) >= 11 is 0. The van der Waals surface area contributed by atoms with Gasteiger partial charge in [-0.15, -0.1) is 0 Å². The molecule has 2 aliphatic heterocycles. The van der Waals surface area contributed by atoms with Gasteiger partial charge in [-0.25, -0.2) is 9.80 Å². The van der Waals surface area contributed by atoms with Gasteiger partial charge in [0, 0.05) is 16.9 Å².